The second-order valence-corrected chi connectivity index (χ2v) is 5.41. The highest BCUT2D eigenvalue weighted by atomic mass is 35.5. The molecule has 0 radical (unpaired) electrons. The van der Waals surface area contributed by atoms with Crippen LogP contribution in [0.15, 0.2) is 18.2 Å². The van der Waals surface area contributed by atoms with Gasteiger partial charge in [0.15, 0.2) is 0 Å². The van der Waals surface area contributed by atoms with E-state index < -0.39 is 23.9 Å². The number of hydrogen-bond acceptors (Lipinski definition) is 5. The van der Waals surface area contributed by atoms with Crippen LogP contribution in [0.3, 0.4) is 0 Å². The van der Waals surface area contributed by atoms with E-state index in [2.05, 4.69) is 9.47 Å². The molecule has 0 heterocycles. The van der Waals surface area contributed by atoms with Crippen LogP contribution in [-0.2, 0) is 14.3 Å². The average Bonchev–Trinajstić information content (AvgIpc) is 2.49. The summed E-state index contributed by atoms with van der Waals surface area (Å²) in [6, 6.07) is 3.63. The predicted molar refractivity (Wildman–Crippen MR) is 85.7 cm³/mol. The first-order valence-electron chi connectivity index (χ1n) is 6.99. The Hall–Kier alpha value is -1.87. The van der Waals surface area contributed by atoms with E-state index in [-0.39, 0.29) is 28.9 Å². The first kappa shape index (κ1) is 21.2. The molecule has 1 aromatic rings. The van der Waals surface area contributed by atoms with Crippen LogP contribution in [0.5, 0.6) is 0 Å². The van der Waals surface area contributed by atoms with E-state index in [1.165, 1.54) is 31.3 Å². The molecular weight excluding hydrogens is 388 g/mol. The number of carbonyl (C=O) groups is 2. The van der Waals surface area contributed by atoms with Crippen molar-refractivity contribution in [1.29, 1.82) is 0 Å². The molecule has 140 valence electrons. The first-order valence-corrected chi connectivity index (χ1v) is 7.75. The van der Waals surface area contributed by atoms with E-state index in [0.29, 0.717) is 0 Å². The van der Waals surface area contributed by atoms with E-state index >= 15 is 0 Å². The van der Waals surface area contributed by atoms with Crippen LogP contribution in [0.4, 0.5) is 23.7 Å². The van der Waals surface area contributed by atoms with Crippen LogP contribution in [0.25, 0.3) is 0 Å². The molecule has 0 aromatic heterocycles. The number of benzene rings is 1. The minimum Gasteiger partial charge on any atom is -0.463 e. The Balaban J connectivity index is 3.43. The molecule has 0 fully saturated rings. The van der Waals surface area contributed by atoms with Gasteiger partial charge in [0.05, 0.1) is 23.9 Å². The molecule has 2 N–H and O–H groups in total. The summed E-state index contributed by atoms with van der Waals surface area (Å²) in [5.74, 6) is -1.79. The highest BCUT2D eigenvalue weighted by Crippen LogP contribution is 2.36. The molecule has 1 atom stereocenters. The topological polar surface area (TPSA) is 76.7 Å². The molecule has 0 aliphatic carbocycles. The van der Waals surface area contributed by atoms with E-state index in [1.807, 2.05) is 5.32 Å². The lowest BCUT2D eigenvalue weighted by atomic mass is 10.1. The summed E-state index contributed by atoms with van der Waals surface area (Å²) < 4.78 is 50.2. The van der Waals surface area contributed by atoms with Crippen molar-refractivity contribution >= 4 is 41.0 Å². The lowest BCUT2D eigenvalue weighted by molar-refractivity contribution is -0.205. The Labute approximate surface area is 151 Å². The highest BCUT2D eigenvalue weighted by Gasteiger charge is 2.64. The molecule has 1 amide bonds. The normalized spacial score (nSPS) is 13.6. The Kier molecular flexibility index (Phi) is 7.18. The summed E-state index contributed by atoms with van der Waals surface area (Å²) in [5, 5.41) is 3.26. The molecule has 0 aliphatic rings. The molecule has 0 aliphatic heterocycles. The van der Waals surface area contributed by atoms with Crippen LogP contribution in [0.2, 0.25) is 10.0 Å². The number of alkyl carbamates (subject to hydrolysis) is 1. The summed E-state index contributed by atoms with van der Waals surface area (Å²) in [5.41, 5.74) is -3.96. The van der Waals surface area contributed by atoms with Gasteiger partial charge in [0.25, 0.3) is 0 Å². The van der Waals surface area contributed by atoms with Gasteiger partial charge in [-0.25, -0.2) is 9.59 Å². The van der Waals surface area contributed by atoms with Gasteiger partial charge in [-0.3, -0.25) is 5.32 Å². The van der Waals surface area contributed by atoms with Crippen molar-refractivity contribution in [2.45, 2.75) is 25.7 Å². The van der Waals surface area contributed by atoms with Gasteiger partial charge in [0, 0.05) is 5.02 Å². The number of carbonyl (C=O) groups excluding carboxylic acids is 2. The number of hydrogen-bond donors (Lipinski definition) is 2. The van der Waals surface area contributed by atoms with Gasteiger partial charge in [0.1, 0.15) is 0 Å². The second kappa shape index (κ2) is 8.48. The number of ether oxygens (including phenoxy) is 2. The molecular formula is C14H15Cl2F3N2O4. The molecule has 0 unspecified atom stereocenters. The maximum Gasteiger partial charge on any atom is 0.442 e. The van der Waals surface area contributed by atoms with Crippen molar-refractivity contribution in [2.24, 2.45) is 0 Å². The van der Waals surface area contributed by atoms with Crippen molar-refractivity contribution in [1.82, 2.24) is 5.32 Å². The predicted octanol–water partition coefficient (Wildman–Crippen LogP) is 3.97. The largest absolute Gasteiger partial charge is 0.463 e. The molecule has 25 heavy (non-hydrogen) atoms. The fourth-order valence-corrected chi connectivity index (χ4v) is 2.08. The van der Waals surface area contributed by atoms with E-state index in [0.717, 1.165) is 6.07 Å². The van der Waals surface area contributed by atoms with Gasteiger partial charge in [-0.15, -0.1) is 0 Å². The molecule has 11 heteroatoms. The van der Waals surface area contributed by atoms with Gasteiger partial charge in [0.2, 0.25) is 0 Å². The average molecular weight is 403 g/mol. The lowest BCUT2D eigenvalue weighted by Gasteiger charge is -2.35. The van der Waals surface area contributed by atoms with Crippen molar-refractivity contribution in [3.63, 3.8) is 0 Å². The second-order valence-electron chi connectivity index (χ2n) is 4.56. The number of amides is 1. The fraction of sp³-hybridized carbons (Fsp3) is 0.429. The van der Waals surface area contributed by atoms with Crippen LogP contribution in [0, 0.1) is 0 Å². The smallest absolute Gasteiger partial charge is 0.442 e. The quantitative estimate of drug-likeness (QED) is 0.555. The van der Waals surface area contributed by atoms with Gasteiger partial charge in [-0.2, -0.15) is 13.2 Å². The van der Waals surface area contributed by atoms with Gasteiger partial charge >= 0.3 is 23.9 Å². The van der Waals surface area contributed by atoms with Crippen LogP contribution < -0.4 is 10.6 Å². The maximum absolute atomic E-state index is 13.8. The van der Waals surface area contributed by atoms with E-state index in [4.69, 9.17) is 23.2 Å². The van der Waals surface area contributed by atoms with Crippen LogP contribution >= 0.6 is 23.2 Å². The van der Waals surface area contributed by atoms with Crippen molar-refractivity contribution < 1.29 is 32.2 Å². The molecule has 0 bridgehead atoms. The Morgan fingerprint density at radius 3 is 2.24 bits per heavy atom. The fourth-order valence-electron chi connectivity index (χ4n) is 1.75. The number of nitrogens with one attached hydrogen (secondary N) is 2. The summed E-state index contributed by atoms with van der Waals surface area (Å²) >= 11 is 11.6. The van der Waals surface area contributed by atoms with Crippen LogP contribution in [0.1, 0.15) is 13.8 Å². The zero-order valence-electron chi connectivity index (χ0n) is 13.2. The molecule has 6 nitrogen and oxygen atoms in total. The summed E-state index contributed by atoms with van der Waals surface area (Å²) in [6.45, 7) is 2.14. The zero-order chi connectivity index (χ0) is 19.3. The number of rotatable bonds is 6. The number of esters is 1. The number of anilines is 1. The highest BCUT2D eigenvalue weighted by molar-refractivity contribution is 6.35. The molecule has 0 spiro atoms. The molecule has 1 rings (SSSR count). The minimum absolute atomic E-state index is 0.0583. The Morgan fingerprint density at radius 2 is 1.72 bits per heavy atom. The van der Waals surface area contributed by atoms with Crippen molar-refractivity contribution in [3.8, 4) is 0 Å². The third-order valence-electron chi connectivity index (χ3n) is 2.82. The zero-order valence-corrected chi connectivity index (χ0v) is 14.7. The van der Waals surface area contributed by atoms with Crippen molar-refractivity contribution in [2.75, 3.05) is 18.5 Å². The minimum atomic E-state index is -5.29. The molecule has 1 aromatic carbocycles. The third kappa shape index (κ3) is 5.05. The van der Waals surface area contributed by atoms with Gasteiger partial charge in [-0.1, -0.05) is 23.2 Å². The van der Waals surface area contributed by atoms with E-state index in [9.17, 15) is 22.8 Å². The summed E-state index contributed by atoms with van der Waals surface area (Å²) in [6.07, 6.45) is -6.77. The summed E-state index contributed by atoms with van der Waals surface area (Å²) in [7, 11) is 0. The third-order valence-corrected chi connectivity index (χ3v) is 3.39. The Morgan fingerprint density at radius 1 is 1.12 bits per heavy atom. The molecule has 0 saturated heterocycles. The van der Waals surface area contributed by atoms with Crippen LogP contribution in [-0.4, -0.2) is 37.1 Å². The SMILES string of the molecule is CCOC(=O)N[C@](Nc1cc(Cl)ccc1Cl)(C(=O)OCC)C(F)(F)F. The summed E-state index contributed by atoms with van der Waals surface area (Å²) in [4.78, 5) is 23.7. The molecule has 0 saturated carbocycles. The maximum atomic E-state index is 13.8. The van der Waals surface area contributed by atoms with E-state index in [1.54, 1.807) is 0 Å². The standard InChI is InChI=1S/C14H15Cl2F3N2O4/c1-3-24-11(22)13(14(17,18)19,21-12(23)25-4-2)20-10-7-8(15)5-6-9(10)16/h5-7,20H,3-4H2,1-2H3,(H,21,23)/t13-/m1/s1. The Bertz CT molecular complexity index is 643. The number of halogens is 5. The monoisotopic (exact) mass is 402 g/mol. The first-order chi connectivity index (χ1) is 11.6. The van der Waals surface area contributed by atoms with Gasteiger partial charge < -0.3 is 14.8 Å². The number of alkyl halides is 3. The van der Waals surface area contributed by atoms with Crippen molar-refractivity contribution in [3.05, 3.63) is 28.2 Å². The lowest BCUT2D eigenvalue weighted by Crippen LogP contribution is -2.69. The van der Waals surface area contributed by atoms with Gasteiger partial charge in [-0.05, 0) is 32.0 Å².